The van der Waals surface area contributed by atoms with Crippen molar-refractivity contribution in [1.82, 2.24) is 0 Å². The summed E-state index contributed by atoms with van der Waals surface area (Å²) in [5, 5.41) is 7.06. The van der Waals surface area contributed by atoms with Crippen LogP contribution in [0.1, 0.15) is 5.56 Å². The molecule has 4 N–H and O–H groups in total. The monoisotopic (exact) mass is 341 g/mol. The lowest BCUT2D eigenvalue weighted by Gasteiger charge is -2.13. The second-order valence-corrected chi connectivity index (χ2v) is 5.91. The maximum Gasteiger partial charge on any atom is 0.228 e. The highest BCUT2D eigenvalue weighted by atomic mass is 35.5. The Bertz CT molecular complexity index is 762. The highest BCUT2D eigenvalue weighted by molar-refractivity contribution is 6.44. The fourth-order valence-electron chi connectivity index (χ4n) is 2.17. The Kier molecular flexibility index (Phi) is 3.61. The first-order valence-corrected chi connectivity index (χ1v) is 7.21. The summed E-state index contributed by atoms with van der Waals surface area (Å²) in [6.45, 7) is 0. The molecule has 3 rings (SSSR count). The number of benzene rings is 2. The van der Waals surface area contributed by atoms with Crippen molar-refractivity contribution in [2.24, 2.45) is 0 Å². The van der Waals surface area contributed by atoms with Gasteiger partial charge in [-0.3, -0.25) is 4.79 Å². The number of hydrogen-bond donors (Lipinski definition) is 3. The van der Waals surface area contributed by atoms with Gasteiger partial charge in [0.15, 0.2) is 0 Å². The summed E-state index contributed by atoms with van der Waals surface area (Å²) in [5.41, 5.74) is 9.36. The number of nitrogens with two attached hydrogens (primary N) is 1. The highest BCUT2D eigenvalue weighted by Gasteiger charge is 2.19. The Morgan fingerprint density at radius 3 is 2.48 bits per heavy atom. The van der Waals surface area contributed by atoms with Gasteiger partial charge < -0.3 is 16.4 Å². The first-order chi connectivity index (χ1) is 9.94. The molecule has 1 heterocycles. The standard InChI is InChI=1S/C14H10Cl3N3O/c15-7-3-9(17)12(4-8(7)16)19-13-5-11-6(1-10(13)18)2-14(21)20-11/h1,3-5,19H,2,18H2,(H,20,21). The minimum atomic E-state index is -0.0471. The molecule has 108 valence electrons. The Morgan fingerprint density at radius 1 is 1.00 bits per heavy atom. The van der Waals surface area contributed by atoms with Crippen LogP contribution in [0, 0.1) is 0 Å². The van der Waals surface area contributed by atoms with Gasteiger partial charge in [0.1, 0.15) is 0 Å². The summed E-state index contributed by atoms with van der Waals surface area (Å²) in [6, 6.07) is 6.71. The molecule has 1 aliphatic heterocycles. The highest BCUT2D eigenvalue weighted by Crippen LogP contribution is 2.37. The molecule has 0 aromatic heterocycles. The number of nitrogens with one attached hydrogen (secondary N) is 2. The van der Waals surface area contributed by atoms with Crippen LogP contribution in [0.4, 0.5) is 22.7 Å². The Balaban J connectivity index is 1.98. The fraction of sp³-hybridized carbons (Fsp3) is 0.0714. The number of amides is 1. The number of fused-ring (bicyclic) bond motifs is 1. The average molecular weight is 343 g/mol. The molecule has 1 aliphatic rings. The smallest absolute Gasteiger partial charge is 0.228 e. The maximum absolute atomic E-state index is 11.4. The number of nitrogen functional groups attached to an aromatic ring is 1. The normalized spacial score (nSPS) is 13.0. The van der Waals surface area contributed by atoms with Crippen LogP contribution in [0.15, 0.2) is 24.3 Å². The van der Waals surface area contributed by atoms with E-state index in [0.717, 1.165) is 11.3 Å². The van der Waals surface area contributed by atoms with Crippen LogP contribution in [-0.2, 0) is 11.2 Å². The Hall–Kier alpha value is -1.62. The van der Waals surface area contributed by atoms with Gasteiger partial charge in [0.25, 0.3) is 0 Å². The first-order valence-electron chi connectivity index (χ1n) is 6.08. The maximum atomic E-state index is 11.4. The zero-order chi connectivity index (χ0) is 15.1. The lowest BCUT2D eigenvalue weighted by atomic mass is 10.1. The molecule has 1 amide bonds. The Labute approximate surface area is 136 Å². The van der Waals surface area contributed by atoms with Crippen LogP contribution in [-0.4, -0.2) is 5.91 Å². The van der Waals surface area contributed by atoms with Gasteiger partial charge in [-0.1, -0.05) is 34.8 Å². The van der Waals surface area contributed by atoms with E-state index < -0.39 is 0 Å². The molecular formula is C14H10Cl3N3O. The molecule has 0 aliphatic carbocycles. The van der Waals surface area contributed by atoms with Gasteiger partial charge in [-0.15, -0.1) is 0 Å². The molecule has 2 aromatic carbocycles. The van der Waals surface area contributed by atoms with Crippen molar-refractivity contribution in [2.45, 2.75) is 6.42 Å². The summed E-state index contributed by atoms with van der Waals surface area (Å²) in [5.74, 6) is -0.0471. The number of carbonyl (C=O) groups excluding carboxylic acids is 1. The van der Waals surface area contributed by atoms with Gasteiger partial charge in [0, 0.05) is 5.69 Å². The molecule has 21 heavy (non-hydrogen) atoms. The number of hydrogen-bond acceptors (Lipinski definition) is 3. The van der Waals surface area contributed by atoms with E-state index in [2.05, 4.69) is 10.6 Å². The van der Waals surface area contributed by atoms with E-state index in [4.69, 9.17) is 40.5 Å². The predicted molar refractivity (Wildman–Crippen MR) is 87.9 cm³/mol. The number of rotatable bonds is 2. The van der Waals surface area contributed by atoms with Crippen LogP contribution in [0.2, 0.25) is 15.1 Å². The molecule has 0 bridgehead atoms. The van der Waals surface area contributed by atoms with Gasteiger partial charge >= 0.3 is 0 Å². The van der Waals surface area contributed by atoms with Crippen LogP contribution in [0.25, 0.3) is 0 Å². The number of carbonyl (C=O) groups is 1. The third-order valence-electron chi connectivity index (χ3n) is 3.18. The third-order valence-corrected chi connectivity index (χ3v) is 4.21. The van der Waals surface area contributed by atoms with E-state index in [1.165, 1.54) is 0 Å². The van der Waals surface area contributed by atoms with Crippen molar-refractivity contribution < 1.29 is 4.79 Å². The van der Waals surface area contributed by atoms with Crippen LogP contribution < -0.4 is 16.4 Å². The summed E-state index contributed by atoms with van der Waals surface area (Å²) >= 11 is 18.0. The molecule has 0 fully saturated rings. The second kappa shape index (κ2) is 5.30. The zero-order valence-electron chi connectivity index (χ0n) is 10.6. The van der Waals surface area contributed by atoms with Crippen molar-refractivity contribution >= 4 is 63.5 Å². The van der Waals surface area contributed by atoms with E-state index in [-0.39, 0.29) is 5.91 Å². The van der Waals surface area contributed by atoms with Gasteiger partial charge in [0.2, 0.25) is 5.91 Å². The lowest BCUT2D eigenvalue weighted by molar-refractivity contribution is -0.115. The molecule has 2 aromatic rings. The summed E-state index contributed by atoms with van der Waals surface area (Å²) in [7, 11) is 0. The van der Waals surface area contributed by atoms with Gasteiger partial charge in [-0.25, -0.2) is 0 Å². The SMILES string of the molecule is Nc1cc2c(cc1Nc1cc(Cl)c(Cl)cc1Cl)NC(=O)C2. The Morgan fingerprint density at radius 2 is 1.71 bits per heavy atom. The molecule has 0 saturated carbocycles. The van der Waals surface area contributed by atoms with Crippen molar-refractivity contribution in [3.05, 3.63) is 44.9 Å². The number of halogens is 3. The fourth-order valence-corrected chi connectivity index (χ4v) is 2.76. The second-order valence-electron chi connectivity index (χ2n) is 4.69. The molecule has 7 heteroatoms. The van der Waals surface area contributed by atoms with E-state index in [0.29, 0.717) is 38.6 Å². The minimum absolute atomic E-state index is 0.0471. The molecular weight excluding hydrogens is 333 g/mol. The predicted octanol–water partition coefficient (Wildman–Crippen LogP) is 4.47. The zero-order valence-corrected chi connectivity index (χ0v) is 12.9. The topological polar surface area (TPSA) is 67.2 Å². The van der Waals surface area contributed by atoms with Crippen LogP contribution in [0.5, 0.6) is 0 Å². The van der Waals surface area contributed by atoms with E-state index in [9.17, 15) is 4.79 Å². The lowest BCUT2D eigenvalue weighted by Crippen LogP contribution is -2.03. The van der Waals surface area contributed by atoms with Gasteiger partial charge in [0.05, 0.1) is 38.6 Å². The van der Waals surface area contributed by atoms with E-state index >= 15 is 0 Å². The van der Waals surface area contributed by atoms with Crippen LogP contribution >= 0.6 is 34.8 Å². The van der Waals surface area contributed by atoms with Crippen LogP contribution in [0.3, 0.4) is 0 Å². The van der Waals surface area contributed by atoms with Crippen molar-refractivity contribution in [3.63, 3.8) is 0 Å². The molecule has 0 saturated heterocycles. The largest absolute Gasteiger partial charge is 0.397 e. The summed E-state index contributed by atoms with van der Waals surface area (Å²) in [4.78, 5) is 11.4. The van der Waals surface area contributed by atoms with Gasteiger partial charge in [-0.05, 0) is 29.8 Å². The molecule has 0 unspecified atom stereocenters. The molecule has 0 spiro atoms. The molecule has 4 nitrogen and oxygen atoms in total. The average Bonchev–Trinajstić information content (AvgIpc) is 2.75. The minimum Gasteiger partial charge on any atom is -0.397 e. The van der Waals surface area contributed by atoms with Gasteiger partial charge in [-0.2, -0.15) is 0 Å². The van der Waals surface area contributed by atoms with Crippen molar-refractivity contribution in [3.8, 4) is 0 Å². The van der Waals surface area contributed by atoms with E-state index in [1.807, 2.05) is 0 Å². The summed E-state index contributed by atoms with van der Waals surface area (Å²) in [6.07, 6.45) is 0.341. The van der Waals surface area contributed by atoms with Crippen molar-refractivity contribution in [1.29, 1.82) is 0 Å². The summed E-state index contributed by atoms with van der Waals surface area (Å²) < 4.78 is 0. The van der Waals surface area contributed by atoms with Crippen molar-refractivity contribution in [2.75, 3.05) is 16.4 Å². The quantitative estimate of drug-likeness (QED) is 0.557. The third kappa shape index (κ3) is 2.75. The molecule has 0 radical (unpaired) electrons. The molecule has 0 atom stereocenters. The number of anilines is 4. The first kappa shape index (κ1) is 14.3. The van der Waals surface area contributed by atoms with E-state index in [1.54, 1.807) is 24.3 Å².